The van der Waals surface area contributed by atoms with Crippen molar-refractivity contribution in [1.29, 1.82) is 0 Å². The highest BCUT2D eigenvalue weighted by Crippen LogP contribution is 2.32. The summed E-state index contributed by atoms with van der Waals surface area (Å²) in [5, 5.41) is 5.25. The van der Waals surface area contributed by atoms with Crippen LogP contribution < -0.4 is 20.1 Å². The lowest BCUT2D eigenvalue weighted by Crippen LogP contribution is -2.42. The first-order valence-corrected chi connectivity index (χ1v) is 9.62. The molecule has 0 aliphatic carbocycles. The van der Waals surface area contributed by atoms with Crippen molar-refractivity contribution in [3.63, 3.8) is 0 Å². The number of rotatable bonds is 6. The second-order valence-electron chi connectivity index (χ2n) is 6.99. The second-order valence-corrected chi connectivity index (χ2v) is 6.99. The first kappa shape index (κ1) is 21.2. The summed E-state index contributed by atoms with van der Waals surface area (Å²) in [6.45, 7) is 5.74. The molecule has 8 nitrogen and oxygen atoms in total. The number of benzene rings is 2. The average Bonchev–Trinajstić information content (AvgIpc) is 2.73. The minimum atomic E-state index is -1.05. The van der Waals surface area contributed by atoms with Crippen molar-refractivity contribution in [3.8, 4) is 11.5 Å². The molecule has 30 heavy (non-hydrogen) atoms. The van der Waals surface area contributed by atoms with Crippen LogP contribution >= 0.6 is 0 Å². The molecule has 1 aliphatic heterocycles. The van der Waals surface area contributed by atoms with E-state index in [1.807, 2.05) is 13.0 Å². The third-order valence-corrected chi connectivity index (χ3v) is 4.45. The molecule has 0 bridgehead atoms. The van der Waals surface area contributed by atoms with Crippen LogP contribution in [0, 0.1) is 6.92 Å². The van der Waals surface area contributed by atoms with Crippen molar-refractivity contribution in [2.24, 2.45) is 0 Å². The highest BCUT2D eigenvalue weighted by molar-refractivity contribution is 5.98. The predicted octanol–water partition coefficient (Wildman–Crippen LogP) is 2.45. The number of anilines is 1. The maximum atomic E-state index is 12.4. The Morgan fingerprint density at radius 2 is 1.73 bits per heavy atom. The Hall–Kier alpha value is -3.55. The van der Waals surface area contributed by atoms with E-state index in [-0.39, 0.29) is 0 Å². The normalized spacial score (nSPS) is 14.2. The molecule has 0 spiro atoms. The molecule has 0 saturated heterocycles. The molecule has 2 aromatic rings. The van der Waals surface area contributed by atoms with Crippen molar-refractivity contribution in [2.45, 2.75) is 32.9 Å². The van der Waals surface area contributed by atoms with Crippen molar-refractivity contribution in [1.82, 2.24) is 5.32 Å². The largest absolute Gasteiger partial charge is 0.486 e. The van der Waals surface area contributed by atoms with E-state index < -0.39 is 29.9 Å². The maximum absolute atomic E-state index is 12.4. The van der Waals surface area contributed by atoms with E-state index in [9.17, 15) is 14.4 Å². The van der Waals surface area contributed by atoms with Crippen LogP contribution in [-0.4, -0.2) is 43.1 Å². The van der Waals surface area contributed by atoms with Crippen LogP contribution in [-0.2, 0) is 14.3 Å². The van der Waals surface area contributed by atoms with Crippen LogP contribution in [0.1, 0.15) is 29.8 Å². The molecule has 1 aliphatic rings. The number of fused-ring (bicyclic) bond motifs is 1. The fourth-order valence-corrected chi connectivity index (χ4v) is 2.82. The molecular formula is C22H24N2O6. The zero-order valence-corrected chi connectivity index (χ0v) is 17.1. The summed E-state index contributed by atoms with van der Waals surface area (Å²) < 4.78 is 16.1. The second kappa shape index (κ2) is 9.30. The Morgan fingerprint density at radius 3 is 2.47 bits per heavy atom. The van der Waals surface area contributed by atoms with Crippen LogP contribution in [0.15, 0.2) is 42.5 Å². The molecule has 3 rings (SSSR count). The molecule has 0 fully saturated rings. The minimum absolute atomic E-state index is 0.392. The first-order chi connectivity index (χ1) is 14.3. The topological polar surface area (TPSA) is 103 Å². The third kappa shape index (κ3) is 5.28. The zero-order chi connectivity index (χ0) is 21.7. The van der Waals surface area contributed by atoms with Crippen molar-refractivity contribution in [2.75, 3.05) is 18.5 Å². The molecule has 2 amide bonds. The number of carbonyl (C=O) groups excluding carboxylic acids is 3. The summed E-state index contributed by atoms with van der Waals surface area (Å²) in [6.07, 6.45) is -1.05. The molecule has 158 valence electrons. The van der Waals surface area contributed by atoms with Gasteiger partial charge in [0.2, 0.25) is 0 Å². The van der Waals surface area contributed by atoms with Crippen molar-refractivity contribution >= 4 is 23.5 Å². The van der Waals surface area contributed by atoms with Gasteiger partial charge >= 0.3 is 5.97 Å². The van der Waals surface area contributed by atoms with E-state index >= 15 is 0 Å². The van der Waals surface area contributed by atoms with Gasteiger partial charge in [-0.2, -0.15) is 0 Å². The van der Waals surface area contributed by atoms with Crippen LogP contribution in [0.3, 0.4) is 0 Å². The lowest BCUT2D eigenvalue weighted by Gasteiger charge is -2.20. The lowest BCUT2D eigenvalue weighted by molar-refractivity contribution is -0.154. The zero-order valence-electron chi connectivity index (χ0n) is 17.1. The number of hydrogen-bond donors (Lipinski definition) is 2. The van der Waals surface area contributed by atoms with Gasteiger partial charge in [0.1, 0.15) is 19.3 Å². The van der Waals surface area contributed by atoms with E-state index in [2.05, 4.69) is 10.6 Å². The Balaban J connectivity index is 1.52. The maximum Gasteiger partial charge on any atom is 0.329 e. The van der Waals surface area contributed by atoms with Crippen LogP contribution in [0.5, 0.6) is 11.5 Å². The van der Waals surface area contributed by atoms with Gasteiger partial charge in [-0.1, -0.05) is 17.7 Å². The smallest absolute Gasteiger partial charge is 0.329 e. The van der Waals surface area contributed by atoms with Gasteiger partial charge in [0, 0.05) is 17.3 Å². The number of esters is 1. The van der Waals surface area contributed by atoms with Gasteiger partial charge in [-0.3, -0.25) is 9.59 Å². The number of carbonyl (C=O) groups is 3. The Bertz CT molecular complexity index is 958. The summed E-state index contributed by atoms with van der Waals surface area (Å²) in [6, 6.07) is 11.1. The van der Waals surface area contributed by atoms with E-state index in [0.29, 0.717) is 36.0 Å². The molecule has 0 radical (unpaired) electrons. The van der Waals surface area contributed by atoms with Gasteiger partial charge in [-0.25, -0.2) is 4.79 Å². The highest BCUT2D eigenvalue weighted by atomic mass is 16.6. The van der Waals surface area contributed by atoms with Gasteiger partial charge in [0.15, 0.2) is 17.6 Å². The highest BCUT2D eigenvalue weighted by Gasteiger charge is 2.24. The van der Waals surface area contributed by atoms with Gasteiger partial charge in [0.05, 0.1) is 0 Å². The molecule has 0 aromatic heterocycles. The van der Waals surface area contributed by atoms with Crippen LogP contribution in [0.25, 0.3) is 0 Å². The Morgan fingerprint density at radius 1 is 1.00 bits per heavy atom. The summed E-state index contributed by atoms with van der Waals surface area (Å²) in [4.78, 5) is 36.9. The molecule has 2 atom stereocenters. The monoisotopic (exact) mass is 412 g/mol. The number of amides is 2. The molecule has 8 heteroatoms. The summed E-state index contributed by atoms with van der Waals surface area (Å²) in [5.41, 5.74) is 1.87. The molecule has 2 N–H and O–H groups in total. The average molecular weight is 412 g/mol. The Labute approximate surface area is 174 Å². The van der Waals surface area contributed by atoms with E-state index in [1.165, 1.54) is 13.8 Å². The third-order valence-electron chi connectivity index (χ3n) is 4.45. The van der Waals surface area contributed by atoms with Gasteiger partial charge in [-0.15, -0.1) is 0 Å². The van der Waals surface area contributed by atoms with E-state index in [1.54, 1.807) is 36.4 Å². The van der Waals surface area contributed by atoms with Gasteiger partial charge in [-0.05, 0) is 45.0 Å². The number of ether oxygens (including phenoxy) is 3. The quantitative estimate of drug-likeness (QED) is 0.707. The number of hydrogen-bond acceptors (Lipinski definition) is 6. The van der Waals surface area contributed by atoms with Crippen molar-refractivity contribution in [3.05, 3.63) is 53.6 Å². The molecule has 0 unspecified atom stereocenters. The fraction of sp³-hybridized carbons (Fsp3) is 0.318. The number of nitrogens with one attached hydrogen (secondary N) is 2. The molecule has 1 heterocycles. The summed E-state index contributed by atoms with van der Waals surface area (Å²) in [7, 11) is 0. The number of aryl methyl sites for hydroxylation is 1. The SMILES string of the molecule is Cc1cccc(C(=O)N[C@@H](C)C(=O)O[C@@H](C)C(=O)Nc2ccc3c(c2)OCCO3)c1. The van der Waals surface area contributed by atoms with E-state index in [4.69, 9.17) is 14.2 Å². The first-order valence-electron chi connectivity index (χ1n) is 9.62. The van der Waals surface area contributed by atoms with Crippen molar-refractivity contribution < 1.29 is 28.6 Å². The van der Waals surface area contributed by atoms with Gasteiger partial charge in [0.25, 0.3) is 11.8 Å². The lowest BCUT2D eigenvalue weighted by atomic mass is 10.1. The molecule has 2 aromatic carbocycles. The standard InChI is InChI=1S/C22H24N2O6/c1-13-5-4-6-16(11-13)21(26)23-14(2)22(27)30-15(3)20(25)24-17-7-8-18-19(12-17)29-10-9-28-18/h4-8,11-12,14-15H,9-10H2,1-3H3,(H,23,26)(H,24,25)/t14-,15-/m0/s1. The van der Waals surface area contributed by atoms with Gasteiger partial charge < -0.3 is 24.8 Å². The van der Waals surface area contributed by atoms with E-state index in [0.717, 1.165) is 5.56 Å². The van der Waals surface area contributed by atoms with Crippen LogP contribution in [0.2, 0.25) is 0 Å². The Kier molecular flexibility index (Phi) is 6.56. The van der Waals surface area contributed by atoms with Crippen LogP contribution in [0.4, 0.5) is 5.69 Å². The minimum Gasteiger partial charge on any atom is -0.486 e. The fourth-order valence-electron chi connectivity index (χ4n) is 2.82. The summed E-state index contributed by atoms with van der Waals surface area (Å²) >= 11 is 0. The molecule has 0 saturated carbocycles. The summed E-state index contributed by atoms with van der Waals surface area (Å²) in [5.74, 6) is -0.456. The predicted molar refractivity (Wildman–Crippen MR) is 110 cm³/mol. The molecular weight excluding hydrogens is 388 g/mol.